The van der Waals surface area contributed by atoms with Gasteiger partial charge in [0.15, 0.2) is 0 Å². The second-order valence-corrected chi connectivity index (χ2v) is 7.93. The van der Waals surface area contributed by atoms with Crippen LogP contribution in [-0.2, 0) is 9.84 Å². The van der Waals surface area contributed by atoms with Crippen LogP contribution in [0.4, 0.5) is 4.39 Å². The SMILES string of the molecule is NCC1(F)CCCN(C2CCS(=O)(=O)CC2)CC1. The van der Waals surface area contributed by atoms with E-state index in [0.717, 1.165) is 13.0 Å². The minimum absolute atomic E-state index is 0.0971. The van der Waals surface area contributed by atoms with E-state index in [9.17, 15) is 12.8 Å². The van der Waals surface area contributed by atoms with E-state index in [-0.39, 0.29) is 18.1 Å². The smallest absolute Gasteiger partial charge is 0.150 e. The van der Waals surface area contributed by atoms with E-state index in [2.05, 4.69) is 4.90 Å². The summed E-state index contributed by atoms with van der Waals surface area (Å²) in [5, 5.41) is 0. The zero-order valence-electron chi connectivity index (χ0n) is 10.8. The van der Waals surface area contributed by atoms with Crippen LogP contribution < -0.4 is 5.73 Å². The molecule has 0 amide bonds. The summed E-state index contributed by atoms with van der Waals surface area (Å²) >= 11 is 0. The molecular weight excluding hydrogens is 255 g/mol. The second kappa shape index (κ2) is 5.43. The van der Waals surface area contributed by atoms with Crippen LogP contribution in [0.5, 0.6) is 0 Å². The van der Waals surface area contributed by atoms with E-state index in [1.165, 1.54) is 0 Å². The van der Waals surface area contributed by atoms with Crippen molar-refractivity contribution in [2.24, 2.45) is 5.73 Å². The Morgan fingerprint density at radius 3 is 2.50 bits per heavy atom. The molecule has 0 aromatic rings. The highest BCUT2D eigenvalue weighted by Crippen LogP contribution is 2.28. The van der Waals surface area contributed by atoms with Gasteiger partial charge in [-0.05, 0) is 38.6 Å². The van der Waals surface area contributed by atoms with Gasteiger partial charge in [0.1, 0.15) is 15.5 Å². The van der Waals surface area contributed by atoms with Crippen molar-refractivity contribution >= 4 is 9.84 Å². The summed E-state index contributed by atoms with van der Waals surface area (Å²) in [5.74, 6) is 0.567. The lowest BCUT2D eigenvalue weighted by Crippen LogP contribution is -2.42. The van der Waals surface area contributed by atoms with Crippen molar-refractivity contribution in [3.8, 4) is 0 Å². The Balaban J connectivity index is 1.91. The first-order valence-electron chi connectivity index (χ1n) is 6.78. The van der Waals surface area contributed by atoms with E-state index >= 15 is 0 Å². The van der Waals surface area contributed by atoms with Crippen LogP contribution in [0.2, 0.25) is 0 Å². The molecule has 18 heavy (non-hydrogen) atoms. The Hall–Kier alpha value is -0.200. The predicted octanol–water partition coefficient (Wildman–Crippen LogP) is 0.716. The number of rotatable bonds is 2. The molecule has 0 aliphatic carbocycles. The molecule has 4 nitrogen and oxygen atoms in total. The van der Waals surface area contributed by atoms with Gasteiger partial charge in [-0.1, -0.05) is 0 Å². The molecule has 0 radical (unpaired) electrons. The third kappa shape index (κ3) is 3.42. The van der Waals surface area contributed by atoms with Crippen LogP contribution in [-0.4, -0.2) is 56.2 Å². The third-order valence-corrected chi connectivity index (χ3v) is 6.04. The van der Waals surface area contributed by atoms with Gasteiger partial charge in [0, 0.05) is 19.1 Å². The van der Waals surface area contributed by atoms with Crippen molar-refractivity contribution in [2.45, 2.75) is 43.8 Å². The number of halogens is 1. The lowest BCUT2D eigenvalue weighted by molar-refractivity contribution is 0.137. The molecule has 2 rings (SSSR count). The molecule has 0 spiro atoms. The molecule has 0 saturated carbocycles. The molecule has 6 heteroatoms. The van der Waals surface area contributed by atoms with Gasteiger partial charge < -0.3 is 10.6 Å². The van der Waals surface area contributed by atoms with Gasteiger partial charge in [0.2, 0.25) is 0 Å². The fourth-order valence-electron chi connectivity index (χ4n) is 2.99. The summed E-state index contributed by atoms with van der Waals surface area (Å²) in [6.07, 6.45) is 3.23. The number of likely N-dealkylation sites (tertiary alicyclic amines) is 1. The monoisotopic (exact) mass is 278 g/mol. The Bertz CT molecular complexity index is 374. The number of alkyl halides is 1. The molecule has 2 heterocycles. The average Bonchev–Trinajstić information content (AvgIpc) is 2.53. The maximum absolute atomic E-state index is 14.2. The number of nitrogens with zero attached hydrogens (tertiary/aromatic N) is 1. The largest absolute Gasteiger partial charge is 0.328 e. The van der Waals surface area contributed by atoms with Gasteiger partial charge in [-0.15, -0.1) is 0 Å². The Kier molecular flexibility index (Phi) is 4.29. The summed E-state index contributed by atoms with van der Waals surface area (Å²) in [6.45, 7) is 1.68. The highest BCUT2D eigenvalue weighted by atomic mass is 32.2. The topological polar surface area (TPSA) is 63.4 Å². The fourth-order valence-corrected chi connectivity index (χ4v) is 4.46. The summed E-state index contributed by atoms with van der Waals surface area (Å²) in [5.41, 5.74) is 4.28. The minimum Gasteiger partial charge on any atom is -0.328 e. The number of hydrogen-bond acceptors (Lipinski definition) is 4. The summed E-state index contributed by atoms with van der Waals surface area (Å²) in [7, 11) is -2.81. The van der Waals surface area contributed by atoms with Crippen LogP contribution in [0.15, 0.2) is 0 Å². The predicted molar refractivity (Wildman–Crippen MR) is 70.0 cm³/mol. The molecular formula is C12H23FN2O2S. The van der Waals surface area contributed by atoms with Crippen molar-refractivity contribution in [2.75, 3.05) is 31.1 Å². The van der Waals surface area contributed by atoms with E-state index in [0.29, 0.717) is 38.3 Å². The average molecular weight is 278 g/mol. The van der Waals surface area contributed by atoms with Crippen LogP contribution in [0, 0.1) is 0 Å². The molecule has 106 valence electrons. The highest BCUT2D eigenvalue weighted by Gasteiger charge is 2.34. The van der Waals surface area contributed by atoms with Gasteiger partial charge in [-0.25, -0.2) is 12.8 Å². The first kappa shape index (κ1) is 14.2. The van der Waals surface area contributed by atoms with Crippen LogP contribution >= 0.6 is 0 Å². The van der Waals surface area contributed by atoms with Crippen molar-refractivity contribution in [1.29, 1.82) is 0 Å². The van der Waals surface area contributed by atoms with Gasteiger partial charge in [0.25, 0.3) is 0 Å². The van der Waals surface area contributed by atoms with E-state index < -0.39 is 15.5 Å². The van der Waals surface area contributed by atoms with Crippen molar-refractivity contribution in [3.63, 3.8) is 0 Å². The minimum atomic E-state index is -2.81. The molecule has 2 N–H and O–H groups in total. The summed E-state index contributed by atoms with van der Waals surface area (Å²) in [6, 6.07) is 0.314. The third-order valence-electron chi connectivity index (χ3n) is 4.32. The maximum atomic E-state index is 14.2. The van der Waals surface area contributed by atoms with E-state index in [1.807, 2.05) is 0 Å². The summed E-state index contributed by atoms with van der Waals surface area (Å²) in [4.78, 5) is 2.27. The Morgan fingerprint density at radius 1 is 1.22 bits per heavy atom. The fraction of sp³-hybridized carbons (Fsp3) is 1.00. The lowest BCUT2D eigenvalue weighted by atomic mass is 9.97. The molecule has 1 atom stereocenters. The van der Waals surface area contributed by atoms with Crippen molar-refractivity contribution in [1.82, 2.24) is 4.90 Å². The van der Waals surface area contributed by atoms with Gasteiger partial charge in [-0.3, -0.25) is 0 Å². The van der Waals surface area contributed by atoms with E-state index in [1.54, 1.807) is 0 Å². The van der Waals surface area contributed by atoms with Gasteiger partial charge >= 0.3 is 0 Å². The first-order chi connectivity index (χ1) is 8.44. The second-order valence-electron chi connectivity index (χ2n) is 5.63. The highest BCUT2D eigenvalue weighted by molar-refractivity contribution is 7.91. The maximum Gasteiger partial charge on any atom is 0.150 e. The number of hydrogen-bond donors (Lipinski definition) is 1. The van der Waals surface area contributed by atoms with Crippen molar-refractivity contribution < 1.29 is 12.8 Å². The molecule has 1 unspecified atom stereocenters. The quantitative estimate of drug-likeness (QED) is 0.808. The van der Waals surface area contributed by atoms with E-state index in [4.69, 9.17) is 5.73 Å². The van der Waals surface area contributed by atoms with Crippen LogP contribution in [0.25, 0.3) is 0 Å². The van der Waals surface area contributed by atoms with Gasteiger partial charge in [0.05, 0.1) is 11.5 Å². The molecule has 2 saturated heterocycles. The number of sulfone groups is 1. The van der Waals surface area contributed by atoms with Crippen LogP contribution in [0.3, 0.4) is 0 Å². The number of nitrogens with two attached hydrogens (primary N) is 1. The lowest BCUT2D eigenvalue weighted by Gasteiger charge is -2.33. The zero-order valence-corrected chi connectivity index (χ0v) is 11.6. The molecule has 2 fully saturated rings. The Labute approximate surface area is 109 Å². The molecule has 0 aromatic carbocycles. The molecule has 0 bridgehead atoms. The van der Waals surface area contributed by atoms with Crippen LogP contribution in [0.1, 0.15) is 32.1 Å². The first-order valence-corrected chi connectivity index (χ1v) is 8.60. The zero-order chi connectivity index (χ0) is 13.2. The Morgan fingerprint density at radius 2 is 1.89 bits per heavy atom. The van der Waals surface area contributed by atoms with Gasteiger partial charge in [-0.2, -0.15) is 0 Å². The molecule has 2 aliphatic rings. The standard InChI is InChI=1S/C12H23FN2O2S/c13-12(10-14)4-1-6-15(7-5-12)11-2-8-18(16,17)9-3-11/h11H,1-10,14H2. The molecule has 0 aromatic heterocycles. The normalized spacial score (nSPS) is 35.2. The summed E-state index contributed by atoms with van der Waals surface area (Å²) < 4.78 is 37.0. The molecule has 2 aliphatic heterocycles. The van der Waals surface area contributed by atoms with Crippen molar-refractivity contribution in [3.05, 3.63) is 0 Å².